The molecule has 0 radical (unpaired) electrons. The summed E-state index contributed by atoms with van der Waals surface area (Å²) in [6, 6.07) is 5.95. The van der Waals surface area contributed by atoms with Gasteiger partial charge < -0.3 is 10.1 Å². The molecule has 0 saturated heterocycles. The fourth-order valence-corrected chi connectivity index (χ4v) is 1.36. The molecule has 0 unspecified atom stereocenters. The second-order valence-corrected chi connectivity index (χ2v) is 3.80. The van der Waals surface area contributed by atoms with E-state index in [1.165, 1.54) is 7.11 Å². The Morgan fingerprint density at radius 3 is 2.69 bits per heavy atom. The van der Waals surface area contributed by atoms with Gasteiger partial charge in [0.25, 0.3) is 0 Å². The van der Waals surface area contributed by atoms with Gasteiger partial charge in [-0.15, -0.1) is 0 Å². The number of ether oxygens (including phenoxy) is 1. The summed E-state index contributed by atoms with van der Waals surface area (Å²) in [5.41, 5.74) is 3.05. The van der Waals surface area contributed by atoms with Gasteiger partial charge in [-0.3, -0.25) is 5.32 Å². The van der Waals surface area contributed by atoms with Crippen LogP contribution in [0.15, 0.2) is 18.2 Å². The van der Waals surface area contributed by atoms with Crippen LogP contribution >= 0.6 is 12.2 Å². The van der Waals surface area contributed by atoms with Gasteiger partial charge in [-0.1, -0.05) is 12.1 Å². The van der Waals surface area contributed by atoms with Gasteiger partial charge in [0.2, 0.25) is 0 Å². The van der Waals surface area contributed by atoms with Crippen LogP contribution in [-0.4, -0.2) is 18.3 Å². The van der Waals surface area contributed by atoms with Gasteiger partial charge in [0.1, 0.15) is 0 Å². The Kier molecular flexibility index (Phi) is 4.25. The molecule has 1 rings (SSSR count). The van der Waals surface area contributed by atoms with Crippen LogP contribution in [0.2, 0.25) is 0 Å². The Hall–Kier alpha value is -1.62. The predicted octanol–water partition coefficient (Wildman–Crippen LogP) is 2.36. The summed E-state index contributed by atoms with van der Waals surface area (Å²) in [6.45, 7) is 3.95. The summed E-state index contributed by atoms with van der Waals surface area (Å²) in [4.78, 5) is 10.9. The molecule has 0 aromatic heterocycles. The van der Waals surface area contributed by atoms with E-state index < -0.39 is 6.09 Å². The first-order valence-electron chi connectivity index (χ1n) is 4.76. The summed E-state index contributed by atoms with van der Waals surface area (Å²) in [5, 5.41) is 5.54. The van der Waals surface area contributed by atoms with Crippen molar-refractivity contribution in [3.63, 3.8) is 0 Å². The second-order valence-electron chi connectivity index (χ2n) is 3.39. The maximum absolute atomic E-state index is 10.9. The summed E-state index contributed by atoms with van der Waals surface area (Å²) < 4.78 is 4.43. The molecule has 0 saturated carbocycles. The Morgan fingerprint density at radius 2 is 2.06 bits per heavy atom. The zero-order valence-corrected chi connectivity index (χ0v) is 10.3. The van der Waals surface area contributed by atoms with Crippen LogP contribution in [0.3, 0.4) is 0 Å². The van der Waals surface area contributed by atoms with E-state index in [4.69, 9.17) is 12.2 Å². The van der Waals surface area contributed by atoms with Crippen LogP contribution in [0.1, 0.15) is 11.1 Å². The molecule has 1 aromatic carbocycles. The molecule has 86 valence electrons. The highest BCUT2D eigenvalue weighted by Crippen LogP contribution is 2.15. The number of carbonyl (C=O) groups excluding carboxylic acids is 1. The molecule has 0 aliphatic rings. The van der Waals surface area contributed by atoms with Crippen molar-refractivity contribution in [2.75, 3.05) is 12.4 Å². The number of aryl methyl sites for hydroxylation is 2. The molecule has 1 aromatic rings. The maximum atomic E-state index is 10.9. The van der Waals surface area contributed by atoms with Gasteiger partial charge in [-0.25, -0.2) is 4.79 Å². The first-order valence-corrected chi connectivity index (χ1v) is 5.17. The molecule has 4 nitrogen and oxygen atoms in total. The van der Waals surface area contributed by atoms with Gasteiger partial charge in [0.05, 0.1) is 7.11 Å². The molecule has 1 amide bonds. The molecule has 0 aliphatic carbocycles. The number of thiocarbonyl (C=S) groups is 1. The highest BCUT2D eigenvalue weighted by molar-refractivity contribution is 7.80. The van der Waals surface area contributed by atoms with Gasteiger partial charge in [-0.05, 0) is 43.3 Å². The van der Waals surface area contributed by atoms with E-state index in [1.807, 2.05) is 32.0 Å². The maximum Gasteiger partial charge on any atom is 0.413 e. The third-order valence-electron chi connectivity index (χ3n) is 2.04. The fraction of sp³-hybridized carbons (Fsp3) is 0.273. The van der Waals surface area contributed by atoms with Gasteiger partial charge in [0, 0.05) is 5.69 Å². The number of alkyl carbamates (subject to hydrolysis) is 1. The molecule has 2 N–H and O–H groups in total. The topological polar surface area (TPSA) is 50.4 Å². The zero-order valence-electron chi connectivity index (χ0n) is 9.46. The lowest BCUT2D eigenvalue weighted by Crippen LogP contribution is -2.34. The molecular weight excluding hydrogens is 224 g/mol. The molecule has 0 atom stereocenters. The molecule has 0 bridgehead atoms. The number of hydrogen-bond acceptors (Lipinski definition) is 3. The molecule has 0 spiro atoms. The van der Waals surface area contributed by atoms with Crippen LogP contribution < -0.4 is 10.6 Å². The Balaban J connectivity index is 2.69. The normalized spacial score (nSPS) is 9.44. The van der Waals surface area contributed by atoms with Gasteiger partial charge in [0.15, 0.2) is 5.11 Å². The van der Waals surface area contributed by atoms with E-state index in [-0.39, 0.29) is 5.11 Å². The molecule has 16 heavy (non-hydrogen) atoms. The Morgan fingerprint density at radius 1 is 1.38 bits per heavy atom. The van der Waals surface area contributed by atoms with Crippen molar-refractivity contribution in [2.24, 2.45) is 0 Å². The minimum Gasteiger partial charge on any atom is -0.453 e. The lowest BCUT2D eigenvalue weighted by Gasteiger charge is -2.11. The standard InChI is InChI=1S/C11H14N2O2S/c1-7-4-5-8(2)9(6-7)12-10(16)13-11(14)15-3/h4-6H,1-3H3,(H2,12,13,14,16). The van der Waals surface area contributed by atoms with Crippen molar-refractivity contribution in [2.45, 2.75) is 13.8 Å². The molecule has 5 heteroatoms. The smallest absolute Gasteiger partial charge is 0.413 e. The van der Waals surface area contributed by atoms with Crippen LogP contribution in [0.25, 0.3) is 0 Å². The average molecular weight is 238 g/mol. The largest absolute Gasteiger partial charge is 0.453 e. The molecule has 0 heterocycles. The summed E-state index contributed by atoms with van der Waals surface area (Å²) in [5.74, 6) is 0. The lowest BCUT2D eigenvalue weighted by atomic mass is 10.1. The van der Waals surface area contributed by atoms with E-state index in [2.05, 4.69) is 15.4 Å². The van der Waals surface area contributed by atoms with E-state index in [0.717, 1.165) is 16.8 Å². The highest BCUT2D eigenvalue weighted by Gasteiger charge is 2.05. The molecule has 0 fully saturated rings. The minimum atomic E-state index is -0.581. The number of amides is 1. The summed E-state index contributed by atoms with van der Waals surface area (Å²) in [7, 11) is 1.29. The number of benzene rings is 1. The van der Waals surface area contributed by atoms with Crippen molar-refractivity contribution >= 4 is 29.1 Å². The Labute approximate surface area is 100.0 Å². The van der Waals surface area contributed by atoms with Gasteiger partial charge in [-0.2, -0.15) is 0 Å². The average Bonchev–Trinajstić information content (AvgIpc) is 2.23. The quantitative estimate of drug-likeness (QED) is 0.737. The molecule has 0 aliphatic heterocycles. The van der Waals surface area contributed by atoms with Crippen molar-refractivity contribution in [3.05, 3.63) is 29.3 Å². The summed E-state index contributed by atoms with van der Waals surface area (Å²) in [6.07, 6.45) is -0.581. The van der Waals surface area contributed by atoms with Crippen LogP contribution in [0, 0.1) is 13.8 Å². The van der Waals surface area contributed by atoms with E-state index in [9.17, 15) is 4.79 Å². The third-order valence-corrected chi connectivity index (χ3v) is 2.25. The number of carbonyl (C=O) groups is 1. The van der Waals surface area contributed by atoms with Crippen molar-refractivity contribution in [1.29, 1.82) is 0 Å². The zero-order chi connectivity index (χ0) is 12.1. The predicted molar refractivity (Wildman–Crippen MR) is 67.7 cm³/mol. The summed E-state index contributed by atoms with van der Waals surface area (Å²) >= 11 is 4.96. The van der Waals surface area contributed by atoms with E-state index >= 15 is 0 Å². The van der Waals surface area contributed by atoms with E-state index in [0.29, 0.717) is 0 Å². The number of rotatable bonds is 1. The molecular formula is C11H14N2O2S. The van der Waals surface area contributed by atoms with E-state index in [1.54, 1.807) is 0 Å². The van der Waals surface area contributed by atoms with Crippen LogP contribution in [0.5, 0.6) is 0 Å². The highest BCUT2D eigenvalue weighted by atomic mass is 32.1. The van der Waals surface area contributed by atoms with Crippen LogP contribution in [-0.2, 0) is 4.74 Å². The third kappa shape index (κ3) is 3.51. The number of methoxy groups -OCH3 is 1. The lowest BCUT2D eigenvalue weighted by molar-refractivity contribution is 0.177. The SMILES string of the molecule is COC(=O)NC(=S)Nc1cc(C)ccc1C. The number of hydrogen-bond donors (Lipinski definition) is 2. The fourth-order valence-electron chi connectivity index (χ4n) is 1.17. The second kappa shape index (κ2) is 5.46. The number of anilines is 1. The van der Waals surface area contributed by atoms with Gasteiger partial charge >= 0.3 is 6.09 Å². The van der Waals surface area contributed by atoms with Crippen LogP contribution in [0.4, 0.5) is 10.5 Å². The monoisotopic (exact) mass is 238 g/mol. The first kappa shape index (κ1) is 12.4. The van der Waals surface area contributed by atoms with Crippen molar-refractivity contribution < 1.29 is 9.53 Å². The Bertz CT molecular complexity index is 418. The number of nitrogens with one attached hydrogen (secondary N) is 2. The van der Waals surface area contributed by atoms with Crippen molar-refractivity contribution in [1.82, 2.24) is 5.32 Å². The minimum absolute atomic E-state index is 0.223. The first-order chi connectivity index (χ1) is 7.52. The van der Waals surface area contributed by atoms with Crippen molar-refractivity contribution in [3.8, 4) is 0 Å².